The lowest BCUT2D eigenvalue weighted by Gasteiger charge is -2.28. The molecule has 3 rings (SSSR count). The van der Waals surface area contributed by atoms with Crippen LogP contribution in [0.3, 0.4) is 0 Å². The van der Waals surface area contributed by atoms with Crippen LogP contribution in [0.25, 0.3) is 0 Å². The Hall–Kier alpha value is -2.67. The van der Waals surface area contributed by atoms with Crippen molar-refractivity contribution in [2.45, 2.75) is 71.1 Å². The van der Waals surface area contributed by atoms with Crippen LogP contribution in [0, 0.1) is 5.92 Å². The maximum absolute atomic E-state index is 13.0. The number of hydrogen-bond acceptors (Lipinski definition) is 6. The van der Waals surface area contributed by atoms with Crippen LogP contribution in [-0.2, 0) is 9.59 Å². The van der Waals surface area contributed by atoms with E-state index in [1.54, 1.807) is 4.90 Å². The van der Waals surface area contributed by atoms with Crippen molar-refractivity contribution in [2.75, 3.05) is 31.5 Å². The number of halogens is 4. The molecule has 2 aromatic carbocycles. The van der Waals surface area contributed by atoms with Crippen LogP contribution in [0.1, 0.15) is 58.1 Å². The van der Waals surface area contributed by atoms with Crippen molar-refractivity contribution in [3.8, 4) is 5.75 Å². The summed E-state index contributed by atoms with van der Waals surface area (Å²) in [7, 11) is 0. The first-order valence-corrected chi connectivity index (χ1v) is 15.0. The van der Waals surface area contributed by atoms with Crippen LogP contribution in [0.5, 0.6) is 5.75 Å². The number of carbonyl (C=O) groups excluding carboxylic acids is 2. The van der Waals surface area contributed by atoms with Gasteiger partial charge in [0.25, 0.3) is 0 Å². The molecule has 2 unspecified atom stereocenters. The quantitative estimate of drug-likeness (QED) is 0.242. The van der Waals surface area contributed by atoms with Gasteiger partial charge in [0.1, 0.15) is 12.0 Å². The Morgan fingerprint density at radius 1 is 1.10 bits per heavy atom. The lowest BCUT2D eigenvalue weighted by Crippen LogP contribution is -2.44. The van der Waals surface area contributed by atoms with E-state index in [4.69, 9.17) is 0 Å². The predicted octanol–water partition coefficient (Wildman–Crippen LogP) is 5.68. The first-order valence-electron chi connectivity index (χ1n) is 14.2. The number of aliphatic hydroxyl groups is 1. The molecule has 8 nitrogen and oxygen atoms in total. The van der Waals surface area contributed by atoms with Gasteiger partial charge in [0.05, 0.1) is 6.54 Å². The Kier molecular flexibility index (Phi) is 12.6. The fourth-order valence-electron chi connectivity index (χ4n) is 5.31. The Morgan fingerprint density at radius 3 is 2.33 bits per heavy atom. The standard InChI is InChI=1S/C30H40BrF3N4O4/c1-4-37(5-2)16-6-7-20(3)35-28(40)19-38-26(21-8-10-23(31)11-9-21)17-22(29(38)41)18-27(39)36-24-12-14-25(15-13-24)42-30(32,33)34/h8-15,20,22,26,29,41H,4-7,16-19H2,1-3H3,(H,35,40)(H,36,39)/t20?,22-,26-,29?/m1/s1. The van der Waals surface area contributed by atoms with Gasteiger partial charge < -0.3 is 25.4 Å². The van der Waals surface area contributed by atoms with E-state index in [1.165, 1.54) is 12.1 Å². The number of anilines is 1. The number of benzene rings is 2. The highest BCUT2D eigenvalue weighted by molar-refractivity contribution is 9.10. The third-order valence-corrected chi connectivity index (χ3v) is 8.03. The molecular formula is C30H40BrF3N4O4. The number of carbonyl (C=O) groups is 2. The van der Waals surface area contributed by atoms with Crippen LogP contribution in [-0.4, -0.2) is 71.5 Å². The van der Waals surface area contributed by atoms with Crippen LogP contribution in [0.4, 0.5) is 18.9 Å². The average molecular weight is 658 g/mol. The number of rotatable bonds is 14. The fourth-order valence-corrected chi connectivity index (χ4v) is 5.58. The maximum atomic E-state index is 13.0. The SMILES string of the molecule is CCN(CC)CCCC(C)NC(=O)CN1C(O)[C@@H](CC(=O)Nc2ccc(OC(F)(F)F)cc2)C[C@@H]1c1ccc(Br)cc1. The molecule has 0 bridgehead atoms. The molecule has 42 heavy (non-hydrogen) atoms. The second kappa shape index (κ2) is 15.7. The molecule has 1 saturated heterocycles. The number of amides is 2. The normalized spacial score (nSPS) is 20.0. The monoisotopic (exact) mass is 656 g/mol. The molecule has 1 aliphatic heterocycles. The molecule has 0 aromatic heterocycles. The summed E-state index contributed by atoms with van der Waals surface area (Å²) in [6.45, 7) is 9.15. The van der Waals surface area contributed by atoms with Gasteiger partial charge in [0.15, 0.2) is 0 Å². The van der Waals surface area contributed by atoms with E-state index in [9.17, 15) is 27.9 Å². The fraction of sp³-hybridized carbons (Fsp3) is 0.533. The van der Waals surface area contributed by atoms with Crippen molar-refractivity contribution in [3.63, 3.8) is 0 Å². The zero-order chi connectivity index (χ0) is 30.9. The number of hydrogen-bond donors (Lipinski definition) is 3. The van der Waals surface area contributed by atoms with E-state index in [2.05, 4.69) is 50.0 Å². The topological polar surface area (TPSA) is 94.1 Å². The van der Waals surface area contributed by atoms with Gasteiger partial charge in [-0.25, -0.2) is 0 Å². The van der Waals surface area contributed by atoms with E-state index < -0.39 is 30.2 Å². The Labute approximate surface area is 253 Å². The third kappa shape index (κ3) is 10.6. The molecule has 232 valence electrons. The van der Waals surface area contributed by atoms with Gasteiger partial charge in [-0.2, -0.15) is 0 Å². The second-order valence-electron chi connectivity index (χ2n) is 10.6. The second-order valence-corrected chi connectivity index (χ2v) is 11.5. The summed E-state index contributed by atoms with van der Waals surface area (Å²) in [5.74, 6) is -1.45. The summed E-state index contributed by atoms with van der Waals surface area (Å²) in [5, 5.41) is 17.0. The number of aliphatic hydroxyl groups excluding tert-OH is 1. The molecule has 0 saturated carbocycles. The molecule has 4 atom stereocenters. The summed E-state index contributed by atoms with van der Waals surface area (Å²) in [6.07, 6.45) is -3.63. The highest BCUT2D eigenvalue weighted by atomic mass is 79.9. The molecule has 0 radical (unpaired) electrons. The molecule has 1 aliphatic rings. The van der Waals surface area contributed by atoms with Crippen LogP contribution in [0.15, 0.2) is 53.0 Å². The minimum Gasteiger partial charge on any atom is -0.406 e. The average Bonchev–Trinajstić information content (AvgIpc) is 3.21. The van der Waals surface area contributed by atoms with E-state index >= 15 is 0 Å². The molecule has 1 heterocycles. The molecule has 1 fully saturated rings. The first-order chi connectivity index (χ1) is 19.9. The van der Waals surface area contributed by atoms with Crippen LogP contribution >= 0.6 is 15.9 Å². The van der Waals surface area contributed by atoms with Crippen molar-refractivity contribution in [3.05, 3.63) is 58.6 Å². The van der Waals surface area contributed by atoms with Crippen LogP contribution < -0.4 is 15.4 Å². The smallest absolute Gasteiger partial charge is 0.406 e. The summed E-state index contributed by atoms with van der Waals surface area (Å²) < 4.78 is 42.0. The van der Waals surface area contributed by atoms with Crippen molar-refractivity contribution >= 4 is 33.4 Å². The summed E-state index contributed by atoms with van der Waals surface area (Å²) in [4.78, 5) is 29.9. The predicted molar refractivity (Wildman–Crippen MR) is 159 cm³/mol. The van der Waals surface area contributed by atoms with E-state index in [1.807, 2.05) is 31.2 Å². The molecule has 0 aliphatic carbocycles. The minimum atomic E-state index is -4.80. The van der Waals surface area contributed by atoms with Crippen molar-refractivity contribution < 1.29 is 32.6 Å². The molecule has 12 heteroatoms. The number of nitrogens with one attached hydrogen (secondary N) is 2. The Balaban J connectivity index is 1.62. The van der Waals surface area contributed by atoms with Gasteiger partial charge in [-0.15, -0.1) is 13.2 Å². The zero-order valence-electron chi connectivity index (χ0n) is 24.2. The van der Waals surface area contributed by atoms with E-state index in [0.717, 1.165) is 54.6 Å². The number of ether oxygens (including phenoxy) is 1. The molecular weight excluding hydrogens is 617 g/mol. The molecule has 2 aromatic rings. The molecule has 2 amide bonds. The van der Waals surface area contributed by atoms with Gasteiger partial charge >= 0.3 is 6.36 Å². The van der Waals surface area contributed by atoms with Gasteiger partial charge in [0, 0.05) is 34.6 Å². The van der Waals surface area contributed by atoms with Gasteiger partial charge in [0.2, 0.25) is 11.8 Å². The van der Waals surface area contributed by atoms with Gasteiger partial charge in [-0.05, 0) is 87.8 Å². The number of alkyl halides is 3. The van der Waals surface area contributed by atoms with Crippen molar-refractivity contribution in [1.82, 2.24) is 15.1 Å². The van der Waals surface area contributed by atoms with Gasteiger partial charge in [-0.1, -0.05) is 41.9 Å². The molecule has 3 N–H and O–H groups in total. The van der Waals surface area contributed by atoms with E-state index in [0.29, 0.717) is 12.1 Å². The number of likely N-dealkylation sites (tertiary alicyclic amines) is 1. The summed E-state index contributed by atoms with van der Waals surface area (Å²) in [6, 6.07) is 12.2. The van der Waals surface area contributed by atoms with Crippen molar-refractivity contribution in [1.29, 1.82) is 0 Å². The van der Waals surface area contributed by atoms with Gasteiger partial charge in [-0.3, -0.25) is 14.5 Å². The van der Waals surface area contributed by atoms with Crippen LogP contribution in [0.2, 0.25) is 0 Å². The number of nitrogens with zero attached hydrogens (tertiary/aromatic N) is 2. The summed E-state index contributed by atoms with van der Waals surface area (Å²) >= 11 is 3.44. The van der Waals surface area contributed by atoms with E-state index in [-0.39, 0.29) is 31.0 Å². The lowest BCUT2D eigenvalue weighted by molar-refractivity contribution is -0.274. The Bertz CT molecular complexity index is 1150. The molecule has 0 spiro atoms. The minimum absolute atomic E-state index is 0.0200. The first kappa shape index (κ1) is 33.8. The lowest BCUT2D eigenvalue weighted by atomic mass is 9.96. The largest absolute Gasteiger partial charge is 0.573 e. The third-order valence-electron chi connectivity index (χ3n) is 7.50. The zero-order valence-corrected chi connectivity index (χ0v) is 25.7. The highest BCUT2D eigenvalue weighted by Crippen LogP contribution is 2.40. The maximum Gasteiger partial charge on any atom is 0.573 e. The summed E-state index contributed by atoms with van der Waals surface area (Å²) in [5.41, 5.74) is 1.22. The Morgan fingerprint density at radius 2 is 1.74 bits per heavy atom. The van der Waals surface area contributed by atoms with Crippen molar-refractivity contribution in [2.24, 2.45) is 5.92 Å². The highest BCUT2D eigenvalue weighted by Gasteiger charge is 2.42.